The Morgan fingerprint density at radius 2 is 2.35 bits per heavy atom. The van der Waals surface area contributed by atoms with Gasteiger partial charge in [0.2, 0.25) is 5.91 Å². The standard InChI is InChI=1S/C13H24N2O2/c1-4-13(3)5-6-15(8-13)12(16)11-7-10(2)17-9-14-11/h10-11,14H,4-9H2,1-3H3/t10-,11-,13-/m0/s1. The molecule has 0 aromatic carbocycles. The summed E-state index contributed by atoms with van der Waals surface area (Å²) in [5.74, 6) is 0.261. The lowest BCUT2D eigenvalue weighted by molar-refractivity contribution is -0.137. The van der Waals surface area contributed by atoms with Crippen molar-refractivity contribution < 1.29 is 9.53 Å². The summed E-state index contributed by atoms with van der Waals surface area (Å²) in [7, 11) is 0. The van der Waals surface area contributed by atoms with Crippen LogP contribution in [0.3, 0.4) is 0 Å². The maximum absolute atomic E-state index is 12.4. The van der Waals surface area contributed by atoms with Crippen molar-refractivity contribution in [3.63, 3.8) is 0 Å². The van der Waals surface area contributed by atoms with Crippen LogP contribution in [0, 0.1) is 5.41 Å². The highest BCUT2D eigenvalue weighted by Gasteiger charge is 2.37. The first-order chi connectivity index (χ1) is 8.04. The number of likely N-dealkylation sites (tertiary alicyclic amines) is 1. The quantitative estimate of drug-likeness (QED) is 0.792. The Hall–Kier alpha value is -0.610. The summed E-state index contributed by atoms with van der Waals surface area (Å²) in [6.45, 7) is 8.84. The number of hydrogen-bond acceptors (Lipinski definition) is 3. The van der Waals surface area contributed by atoms with Crippen molar-refractivity contribution in [1.29, 1.82) is 0 Å². The molecule has 1 N–H and O–H groups in total. The number of rotatable bonds is 2. The van der Waals surface area contributed by atoms with Gasteiger partial charge in [-0.25, -0.2) is 0 Å². The Morgan fingerprint density at radius 3 is 2.94 bits per heavy atom. The van der Waals surface area contributed by atoms with Gasteiger partial charge in [0.05, 0.1) is 18.9 Å². The summed E-state index contributed by atoms with van der Waals surface area (Å²) in [5, 5.41) is 3.16. The summed E-state index contributed by atoms with van der Waals surface area (Å²) >= 11 is 0. The van der Waals surface area contributed by atoms with Gasteiger partial charge in [0.15, 0.2) is 0 Å². The number of nitrogens with one attached hydrogen (secondary N) is 1. The second kappa shape index (κ2) is 4.94. The molecule has 2 aliphatic rings. The van der Waals surface area contributed by atoms with Crippen molar-refractivity contribution in [3.05, 3.63) is 0 Å². The minimum Gasteiger partial charge on any atom is -0.363 e. The highest BCUT2D eigenvalue weighted by atomic mass is 16.5. The van der Waals surface area contributed by atoms with Gasteiger partial charge in [0.25, 0.3) is 0 Å². The van der Waals surface area contributed by atoms with Crippen LogP contribution < -0.4 is 5.32 Å². The molecule has 0 spiro atoms. The predicted octanol–water partition coefficient (Wildman–Crippen LogP) is 1.36. The van der Waals surface area contributed by atoms with Gasteiger partial charge in [0.1, 0.15) is 0 Å². The third-order valence-corrected chi connectivity index (χ3v) is 4.29. The summed E-state index contributed by atoms with van der Waals surface area (Å²) in [5.41, 5.74) is 0.326. The molecule has 2 saturated heterocycles. The molecular formula is C13H24N2O2. The summed E-state index contributed by atoms with van der Waals surface area (Å²) in [6.07, 6.45) is 3.26. The van der Waals surface area contributed by atoms with Crippen molar-refractivity contribution in [2.75, 3.05) is 19.8 Å². The highest BCUT2D eigenvalue weighted by Crippen LogP contribution is 2.33. The first-order valence-electron chi connectivity index (χ1n) is 6.68. The number of carbonyl (C=O) groups excluding carboxylic acids is 1. The molecule has 3 atom stereocenters. The normalized spacial score (nSPS) is 38.4. The number of ether oxygens (including phenoxy) is 1. The molecule has 0 aromatic heterocycles. The Morgan fingerprint density at radius 1 is 1.59 bits per heavy atom. The van der Waals surface area contributed by atoms with Crippen LogP contribution in [0.2, 0.25) is 0 Å². The lowest BCUT2D eigenvalue weighted by Crippen LogP contribution is -2.51. The number of carbonyl (C=O) groups is 1. The van der Waals surface area contributed by atoms with Gasteiger partial charge in [0, 0.05) is 13.1 Å². The molecule has 98 valence electrons. The zero-order chi connectivity index (χ0) is 12.5. The van der Waals surface area contributed by atoms with Crippen molar-refractivity contribution in [2.24, 2.45) is 5.41 Å². The number of hydrogen-bond donors (Lipinski definition) is 1. The van der Waals surface area contributed by atoms with E-state index in [1.54, 1.807) is 0 Å². The Kier molecular flexibility index (Phi) is 3.73. The van der Waals surface area contributed by atoms with Crippen molar-refractivity contribution in [2.45, 2.75) is 52.2 Å². The molecule has 0 bridgehead atoms. The molecule has 2 heterocycles. The van der Waals surface area contributed by atoms with E-state index in [4.69, 9.17) is 4.74 Å². The van der Waals surface area contributed by atoms with E-state index in [2.05, 4.69) is 19.2 Å². The summed E-state index contributed by atoms with van der Waals surface area (Å²) in [4.78, 5) is 14.4. The molecule has 0 aliphatic carbocycles. The Labute approximate surface area is 104 Å². The minimum absolute atomic E-state index is 0.0436. The van der Waals surface area contributed by atoms with Gasteiger partial charge in [-0.1, -0.05) is 13.8 Å². The summed E-state index contributed by atoms with van der Waals surface area (Å²) < 4.78 is 5.40. The Bertz CT molecular complexity index is 295. The van der Waals surface area contributed by atoms with E-state index in [9.17, 15) is 4.79 Å². The zero-order valence-electron chi connectivity index (χ0n) is 11.2. The van der Waals surface area contributed by atoms with E-state index >= 15 is 0 Å². The maximum atomic E-state index is 12.4. The number of amides is 1. The minimum atomic E-state index is -0.0436. The van der Waals surface area contributed by atoms with E-state index in [0.29, 0.717) is 12.1 Å². The monoisotopic (exact) mass is 240 g/mol. The smallest absolute Gasteiger partial charge is 0.239 e. The molecule has 1 amide bonds. The molecule has 0 aromatic rings. The van der Waals surface area contributed by atoms with Gasteiger partial charge in [-0.05, 0) is 31.6 Å². The topological polar surface area (TPSA) is 41.6 Å². The van der Waals surface area contributed by atoms with E-state index < -0.39 is 0 Å². The maximum Gasteiger partial charge on any atom is 0.239 e. The van der Waals surface area contributed by atoms with E-state index in [1.165, 1.54) is 0 Å². The SMILES string of the molecule is CC[C@@]1(C)CCN(C(=O)[C@@H]2C[C@H](C)OCN2)C1. The van der Waals surface area contributed by atoms with Gasteiger partial charge in [-0.15, -0.1) is 0 Å². The molecule has 0 saturated carbocycles. The van der Waals surface area contributed by atoms with E-state index in [1.807, 2.05) is 11.8 Å². The van der Waals surface area contributed by atoms with E-state index in [0.717, 1.165) is 32.4 Å². The first kappa shape index (κ1) is 12.8. The lowest BCUT2D eigenvalue weighted by Gasteiger charge is -2.31. The second-order valence-electron chi connectivity index (χ2n) is 5.79. The number of nitrogens with zero attached hydrogens (tertiary/aromatic N) is 1. The largest absolute Gasteiger partial charge is 0.363 e. The van der Waals surface area contributed by atoms with Crippen LogP contribution in [0.25, 0.3) is 0 Å². The van der Waals surface area contributed by atoms with Crippen molar-refractivity contribution >= 4 is 5.91 Å². The van der Waals surface area contributed by atoms with Crippen LogP contribution in [0.4, 0.5) is 0 Å². The summed E-state index contributed by atoms with van der Waals surface area (Å²) in [6, 6.07) is -0.0436. The van der Waals surface area contributed by atoms with Crippen LogP contribution in [0.5, 0.6) is 0 Å². The zero-order valence-corrected chi connectivity index (χ0v) is 11.2. The molecular weight excluding hydrogens is 216 g/mol. The lowest BCUT2D eigenvalue weighted by atomic mass is 9.87. The molecule has 2 aliphatic heterocycles. The fourth-order valence-corrected chi connectivity index (χ4v) is 2.68. The highest BCUT2D eigenvalue weighted by molar-refractivity contribution is 5.82. The van der Waals surface area contributed by atoms with Gasteiger partial charge < -0.3 is 9.64 Å². The third-order valence-electron chi connectivity index (χ3n) is 4.29. The van der Waals surface area contributed by atoms with Crippen LogP contribution in [-0.2, 0) is 9.53 Å². The Balaban J connectivity index is 1.92. The predicted molar refractivity (Wildman–Crippen MR) is 66.5 cm³/mol. The molecule has 0 radical (unpaired) electrons. The molecule has 0 unspecified atom stereocenters. The molecule has 4 nitrogen and oxygen atoms in total. The molecule has 2 fully saturated rings. The van der Waals surface area contributed by atoms with Crippen LogP contribution in [-0.4, -0.2) is 42.8 Å². The van der Waals surface area contributed by atoms with Crippen molar-refractivity contribution in [1.82, 2.24) is 10.2 Å². The molecule has 17 heavy (non-hydrogen) atoms. The van der Waals surface area contributed by atoms with Crippen LogP contribution in [0.15, 0.2) is 0 Å². The van der Waals surface area contributed by atoms with Crippen LogP contribution in [0.1, 0.15) is 40.0 Å². The van der Waals surface area contributed by atoms with E-state index in [-0.39, 0.29) is 18.1 Å². The average Bonchev–Trinajstić information content (AvgIpc) is 2.72. The second-order valence-corrected chi connectivity index (χ2v) is 5.79. The molecule has 2 rings (SSSR count). The average molecular weight is 240 g/mol. The van der Waals surface area contributed by atoms with Gasteiger partial charge in [-0.2, -0.15) is 0 Å². The first-order valence-corrected chi connectivity index (χ1v) is 6.68. The molecule has 4 heteroatoms. The fraction of sp³-hybridized carbons (Fsp3) is 0.923. The van der Waals surface area contributed by atoms with Gasteiger partial charge >= 0.3 is 0 Å². The fourth-order valence-electron chi connectivity index (χ4n) is 2.68. The van der Waals surface area contributed by atoms with Crippen molar-refractivity contribution in [3.8, 4) is 0 Å². The third kappa shape index (κ3) is 2.80. The van der Waals surface area contributed by atoms with Gasteiger partial charge in [-0.3, -0.25) is 10.1 Å². The van der Waals surface area contributed by atoms with Crippen LogP contribution >= 0.6 is 0 Å².